The second-order valence-electron chi connectivity index (χ2n) is 5.17. The lowest BCUT2D eigenvalue weighted by Crippen LogP contribution is -2.13. The van der Waals surface area contributed by atoms with Crippen LogP contribution in [0, 0.1) is 0 Å². The molecule has 1 N–H and O–H groups in total. The van der Waals surface area contributed by atoms with Gasteiger partial charge in [-0.3, -0.25) is 0 Å². The SMILES string of the molecule is C=CCNCc1cc(Br)c(OCc2ccc(Cl)cc2)c(OCC)c1.Cl. The summed E-state index contributed by atoms with van der Waals surface area (Å²) < 4.78 is 12.6. The van der Waals surface area contributed by atoms with Gasteiger partial charge in [0.1, 0.15) is 6.61 Å². The van der Waals surface area contributed by atoms with Crippen molar-refractivity contribution in [1.29, 1.82) is 0 Å². The molecule has 3 nitrogen and oxygen atoms in total. The number of nitrogens with one attached hydrogen (secondary N) is 1. The molecule has 0 heterocycles. The van der Waals surface area contributed by atoms with E-state index in [9.17, 15) is 0 Å². The van der Waals surface area contributed by atoms with Crippen molar-refractivity contribution in [3.05, 3.63) is 69.7 Å². The molecular weight excluding hydrogens is 425 g/mol. The molecule has 2 aromatic rings. The Morgan fingerprint density at radius 3 is 2.52 bits per heavy atom. The van der Waals surface area contributed by atoms with Gasteiger partial charge in [0.05, 0.1) is 11.1 Å². The molecule has 136 valence electrons. The molecule has 0 fully saturated rings. The van der Waals surface area contributed by atoms with E-state index in [1.165, 1.54) is 0 Å². The number of ether oxygens (including phenoxy) is 2. The van der Waals surface area contributed by atoms with Crippen molar-refractivity contribution in [3.63, 3.8) is 0 Å². The van der Waals surface area contributed by atoms with Crippen molar-refractivity contribution < 1.29 is 9.47 Å². The fraction of sp³-hybridized carbons (Fsp3) is 0.263. The molecule has 0 radical (unpaired) electrons. The molecular formula is C19H22BrCl2NO2. The van der Waals surface area contributed by atoms with Gasteiger partial charge in [0.2, 0.25) is 0 Å². The Morgan fingerprint density at radius 1 is 1.16 bits per heavy atom. The van der Waals surface area contributed by atoms with Crippen molar-refractivity contribution in [2.75, 3.05) is 13.2 Å². The predicted octanol–water partition coefficient (Wildman–Crippen LogP) is 5.78. The van der Waals surface area contributed by atoms with Crippen molar-refractivity contribution in [1.82, 2.24) is 5.32 Å². The van der Waals surface area contributed by atoms with Gasteiger partial charge in [0.25, 0.3) is 0 Å². The molecule has 0 amide bonds. The van der Waals surface area contributed by atoms with Crippen LogP contribution in [-0.4, -0.2) is 13.2 Å². The van der Waals surface area contributed by atoms with E-state index in [4.69, 9.17) is 21.1 Å². The van der Waals surface area contributed by atoms with E-state index in [2.05, 4.69) is 27.8 Å². The van der Waals surface area contributed by atoms with Gasteiger partial charge < -0.3 is 14.8 Å². The minimum Gasteiger partial charge on any atom is -0.490 e. The summed E-state index contributed by atoms with van der Waals surface area (Å²) in [7, 11) is 0. The summed E-state index contributed by atoms with van der Waals surface area (Å²) in [5.41, 5.74) is 2.16. The largest absolute Gasteiger partial charge is 0.490 e. The van der Waals surface area contributed by atoms with Crippen LogP contribution in [0.15, 0.2) is 53.5 Å². The first kappa shape index (κ1) is 21.8. The Morgan fingerprint density at radius 2 is 1.88 bits per heavy atom. The monoisotopic (exact) mass is 445 g/mol. The Labute approximate surface area is 168 Å². The zero-order chi connectivity index (χ0) is 17.4. The molecule has 0 atom stereocenters. The lowest BCUT2D eigenvalue weighted by molar-refractivity contribution is 0.267. The second kappa shape index (κ2) is 11.4. The zero-order valence-corrected chi connectivity index (χ0v) is 17.2. The average Bonchev–Trinajstić information content (AvgIpc) is 2.56. The number of hydrogen-bond donors (Lipinski definition) is 1. The third-order valence-corrected chi connectivity index (χ3v) is 4.12. The molecule has 0 aromatic heterocycles. The topological polar surface area (TPSA) is 30.5 Å². The Hall–Kier alpha value is -1.20. The van der Waals surface area contributed by atoms with Gasteiger partial charge in [-0.05, 0) is 58.2 Å². The molecule has 0 aliphatic carbocycles. The molecule has 6 heteroatoms. The smallest absolute Gasteiger partial charge is 0.175 e. The lowest BCUT2D eigenvalue weighted by atomic mass is 10.2. The highest BCUT2D eigenvalue weighted by Crippen LogP contribution is 2.37. The first-order valence-corrected chi connectivity index (χ1v) is 8.95. The number of halogens is 3. The standard InChI is InChI=1S/C19H21BrClNO2.ClH/c1-3-9-22-12-15-10-17(20)19(18(11-15)23-4-2)24-13-14-5-7-16(21)8-6-14;/h3,5-8,10-11,22H,1,4,9,12-13H2,2H3;1H. The summed E-state index contributed by atoms with van der Waals surface area (Å²) in [6.45, 7) is 8.19. The van der Waals surface area contributed by atoms with Crippen LogP contribution >= 0.6 is 39.9 Å². The highest BCUT2D eigenvalue weighted by atomic mass is 79.9. The fourth-order valence-electron chi connectivity index (χ4n) is 2.18. The van der Waals surface area contributed by atoms with Crippen LogP contribution in [-0.2, 0) is 13.2 Å². The Kier molecular flexibility index (Phi) is 9.98. The third-order valence-electron chi connectivity index (χ3n) is 3.28. The normalized spacial score (nSPS) is 10.0. The van der Waals surface area contributed by atoms with Gasteiger partial charge in [-0.1, -0.05) is 29.8 Å². The van der Waals surface area contributed by atoms with Crippen molar-refractivity contribution in [2.24, 2.45) is 0 Å². The summed E-state index contributed by atoms with van der Waals surface area (Å²) in [5, 5.41) is 4.00. The van der Waals surface area contributed by atoms with Crippen LogP contribution in [0.3, 0.4) is 0 Å². The maximum atomic E-state index is 5.98. The lowest BCUT2D eigenvalue weighted by Gasteiger charge is -2.16. The summed E-state index contributed by atoms with van der Waals surface area (Å²) in [6, 6.07) is 11.6. The minimum absolute atomic E-state index is 0. The molecule has 2 rings (SSSR count). The van der Waals surface area contributed by atoms with Gasteiger partial charge >= 0.3 is 0 Å². The average molecular weight is 447 g/mol. The highest BCUT2D eigenvalue weighted by Gasteiger charge is 2.12. The van der Waals surface area contributed by atoms with Crippen molar-refractivity contribution in [2.45, 2.75) is 20.1 Å². The molecule has 25 heavy (non-hydrogen) atoms. The van der Waals surface area contributed by atoms with E-state index in [1.54, 1.807) is 0 Å². The zero-order valence-electron chi connectivity index (χ0n) is 14.1. The predicted molar refractivity (Wildman–Crippen MR) is 110 cm³/mol. The minimum atomic E-state index is 0. The van der Waals surface area contributed by atoms with Crippen LogP contribution in [0.25, 0.3) is 0 Å². The number of hydrogen-bond acceptors (Lipinski definition) is 3. The molecule has 0 aliphatic rings. The van der Waals surface area contributed by atoms with E-state index in [-0.39, 0.29) is 12.4 Å². The molecule has 0 saturated carbocycles. The van der Waals surface area contributed by atoms with Gasteiger partial charge in [-0.2, -0.15) is 0 Å². The Balaban J connectivity index is 0.00000312. The van der Waals surface area contributed by atoms with E-state index in [0.29, 0.717) is 24.0 Å². The molecule has 0 bridgehead atoms. The van der Waals surface area contributed by atoms with E-state index < -0.39 is 0 Å². The van der Waals surface area contributed by atoms with Crippen molar-refractivity contribution >= 4 is 39.9 Å². The van der Waals surface area contributed by atoms with E-state index in [1.807, 2.05) is 49.4 Å². The maximum absolute atomic E-state index is 5.98. The van der Waals surface area contributed by atoms with Gasteiger partial charge in [-0.25, -0.2) is 0 Å². The highest BCUT2D eigenvalue weighted by molar-refractivity contribution is 9.10. The summed E-state index contributed by atoms with van der Waals surface area (Å²) in [5.74, 6) is 1.44. The van der Waals surface area contributed by atoms with E-state index in [0.717, 1.165) is 34.4 Å². The maximum Gasteiger partial charge on any atom is 0.175 e. The fourth-order valence-corrected chi connectivity index (χ4v) is 2.91. The second-order valence-corrected chi connectivity index (χ2v) is 6.46. The molecule has 2 aromatic carbocycles. The van der Waals surface area contributed by atoms with Crippen LogP contribution in [0.5, 0.6) is 11.5 Å². The number of benzene rings is 2. The molecule has 0 aliphatic heterocycles. The van der Waals surface area contributed by atoms with Crippen LogP contribution < -0.4 is 14.8 Å². The van der Waals surface area contributed by atoms with E-state index >= 15 is 0 Å². The Bertz CT molecular complexity index is 678. The third kappa shape index (κ3) is 6.90. The summed E-state index contributed by atoms with van der Waals surface area (Å²) >= 11 is 9.50. The van der Waals surface area contributed by atoms with Crippen LogP contribution in [0.4, 0.5) is 0 Å². The molecule has 0 saturated heterocycles. The molecule has 0 unspecified atom stereocenters. The van der Waals surface area contributed by atoms with Gasteiger partial charge in [0, 0.05) is 18.1 Å². The van der Waals surface area contributed by atoms with Crippen LogP contribution in [0.2, 0.25) is 5.02 Å². The van der Waals surface area contributed by atoms with Gasteiger partial charge in [-0.15, -0.1) is 19.0 Å². The van der Waals surface area contributed by atoms with Gasteiger partial charge in [0.15, 0.2) is 11.5 Å². The number of rotatable bonds is 9. The van der Waals surface area contributed by atoms with Crippen molar-refractivity contribution in [3.8, 4) is 11.5 Å². The van der Waals surface area contributed by atoms with Crippen LogP contribution in [0.1, 0.15) is 18.1 Å². The summed E-state index contributed by atoms with van der Waals surface area (Å²) in [6.07, 6.45) is 1.84. The summed E-state index contributed by atoms with van der Waals surface area (Å²) in [4.78, 5) is 0. The molecule has 0 spiro atoms. The first-order chi connectivity index (χ1) is 11.6. The quantitative estimate of drug-likeness (QED) is 0.391. The first-order valence-electron chi connectivity index (χ1n) is 7.78.